The lowest BCUT2D eigenvalue weighted by atomic mass is 9.87. The molecule has 0 amide bonds. The molecule has 0 fully saturated rings. The van der Waals surface area contributed by atoms with Gasteiger partial charge in [0.1, 0.15) is 0 Å². The molecule has 0 aromatic heterocycles. The molecular weight excluding hydrogens is 264 g/mol. The summed E-state index contributed by atoms with van der Waals surface area (Å²) in [5.74, 6) is 1.36. The zero-order valence-corrected chi connectivity index (χ0v) is 15.2. The second-order valence-electron chi connectivity index (χ2n) is 6.77. The minimum Gasteiger partial charge on any atom is -0.0917 e. The van der Waals surface area contributed by atoms with E-state index in [-0.39, 0.29) is 0 Å². The van der Waals surface area contributed by atoms with Gasteiger partial charge in [-0.3, -0.25) is 0 Å². The van der Waals surface area contributed by atoms with Crippen LogP contribution in [0.5, 0.6) is 0 Å². The third-order valence-electron chi connectivity index (χ3n) is 4.58. The Kier molecular flexibility index (Phi) is 8.89. The highest BCUT2D eigenvalue weighted by Crippen LogP contribution is 2.24. The molecule has 0 N–H and O–H groups in total. The average molecular weight is 299 g/mol. The van der Waals surface area contributed by atoms with Crippen LogP contribution >= 0.6 is 0 Å². The molecule has 0 bridgehead atoms. The number of rotatable bonds is 8. The van der Waals surface area contributed by atoms with Crippen molar-refractivity contribution in [3.05, 3.63) is 59.3 Å². The Bertz CT molecular complexity index is 468. The van der Waals surface area contributed by atoms with Crippen molar-refractivity contribution < 1.29 is 0 Å². The quantitative estimate of drug-likeness (QED) is 0.416. The molecule has 0 heteroatoms. The minimum absolute atomic E-state index is 0.677. The first-order chi connectivity index (χ1) is 10.5. The third kappa shape index (κ3) is 7.64. The fraction of sp³-hybridized carbons (Fsp3) is 0.545. The Morgan fingerprint density at radius 1 is 1.00 bits per heavy atom. The molecule has 0 spiro atoms. The molecule has 0 aromatic rings. The summed E-state index contributed by atoms with van der Waals surface area (Å²) in [5, 5.41) is 0. The van der Waals surface area contributed by atoms with Crippen LogP contribution in [0.25, 0.3) is 0 Å². The van der Waals surface area contributed by atoms with E-state index < -0.39 is 0 Å². The van der Waals surface area contributed by atoms with Gasteiger partial charge in [-0.05, 0) is 70.3 Å². The molecule has 0 saturated heterocycles. The Morgan fingerprint density at radius 2 is 1.68 bits per heavy atom. The van der Waals surface area contributed by atoms with Crippen LogP contribution in [-0.4, -0.2) is 0 Å². The smallest absolute Gasteiger partial charge is 0.00980 e. The standard InChI is InChI=1S/C22H34/c1-6-7-8-10-18(2)11-9-12-19(3)13-15-22-16-14-20(4)21(5)17-22/h6-7,11,13-14,16-17,20-21H,8-10,12,15H2,1-5H3/b7-6?,18-11+,19-13+. The van der Waals surface area contributed by atoms with Crippen molar-refractivity contribution in [2.75, 3.05) is 0 Å². The molecule has 1 rings (SSSR count). The lowest BCUT2D eigenvalue weighted by molar-refractivity contribution is 0.547. The fourth-order valence-electron chi connectivity index (χ4n) is 2.65. The van der Waals surface area contributed by atoms with Crippen molar-refractivity contribution in [2.45, 2.75) is 66.7 Å². The molecule has 0 saturated carbocycles. The summed E-state index contributed by atoms with van der Waals surface area (Å²) in [4.78, 5) is 0. The molecule has 1 aliphatic carbocycles. The highest BCUT2D eigenvalue weighted by atomic mass is 14.2. The maximum atomic E-state index is 2.43. The third-order valence-corrected chi connectivity index (χ3v) is 4.58. The second-order valence-corrected chi connectivity index (χ2v) is 6.77. The highest BCUT2D eigenvalue weighted by Gasteiger charge is 2.10. The molecule has 0 aromatic carbocycles. The first-order valence-corrected chi connectivity index (χ1v) is 8.84. The molecule has 22 heavy (non-hydrogen) atoms. The van der Waals surface area contributed by atoms with Crippen LogP contribution in [0.15, 0.2) is 59.3 Å². The largest absolute Gasteiger partial charge is 0.0917 e. The van der Waals surface area contributed by atoms with Gasteiger partial charge in [-0.15, -0.1) is 0 Å². The van der Waals surface area contributed by atoms with Gasteiger partial charge in [0.2, 0.25) is 0 Å². The van der Waals surface area contributed by atoms with Gasteiger partial charge in [0.05, 0.1) is 0 Å². The van der Waals surface area contributed by atoms with Gasteiger partial charge >= 0.3 is 0 Å². The van der Waals surface area contributed by atoms with Gasteiger partial charge in [-0.2, -0.15) is 0 Å². The first kappa shape index (κ1) is 18.7. The maximum absolute atomic E-state index is 2.43. The van der Waals surface area contributed by atoms with Crippen molar-refractivity contribution in [3.63, 3.8) is 0 Å². The lowest BCUT2D eigenvalue weighted by Crippen LogP contribution is -2.06. The summed E-state index contributed by atoms with van der Waals surface area (Å²) in [7, 11) is 0. The molecule has 0 nitrogen and oxygen atoms in total. The summed E-state index contributed by atoms with van der Waals surface area (Å²) >= 11 is 0. The summed E-state index contributed by atoms with van der Waals surface area (Å²) in [6.45, 7) is 11.2. The molecule has 1 aliphatic rings. The predicted molar refractivity (Wildman–Crippen MR) is 101 cm³/mol. The zero-order chi connectivity index (χ0) is 16.4. The summed E-state index contributed by atoms with van der Waals surface area (Å²) in [6, 6.07) is 0. The van der Waals surface area contributed by atoms with Gasteiger partial charge in [-0.1, -0.05) is 67.5 Å². The van der Waals surface area contributed by atoms with E-state index in [2.05, 4.69) is 77.2 Å². The van der Waals surface area contributed by atoms with Crippen LogP contribution in [0.2, 0.25) is 0 Å². The van der Waals surface area contributed by atoms with Crippen LogP contribution in [0, 0.1) is 11.8 Å². The fourth-order valence-corrected chi connectivity index (χ4v) is 2.65. The van der Waals surface area contributed by atoms with Crippen LogP contribution in [0.1, 0.15) is 66.7 Å². The number of hydrogen-bond acceptors (Lipinski definition) is 0. The van der Waals surface area contributed by atoms with Gasteiger partial charge in [0, 0.05) is 0 Å². The monoisotopic (exact) mass is 298 g/mol. The van der Waals surface area contributed by atoms with E-state index >= 15 is 0 Å². The Morgan fingerprint density at radius 3 is 2.36 bits per heavy atom. The topological polar surface area (TPSA) is 0 Å². The Hall–Kier alpha value is -1.30. The normalized spacial score (nSPS) is 23.2. The van der Waals surface area contributed by atoms with Gasteiger partial charge in [-0.25, -0.2) is 0 Å². The van der Waals surface area contributed by atoms with E-state index in [1.807, 2.05) is 0 Å². The second kappa shape index (κ2) is 10.4. The summed E-state index contributed by atoms with van der Waals surface area (Å²) in [6.07, 6.45) is 22.1. The lowest BCUT2D eigenvalue weighted by Gasteiger charge is -2.18. The molecule has 0 aliphatic heterocycles. The van der Waals surface area contributed by atoms with Gasteiger partial charge in [0.15, 0.2) is 0 Å². The van der Waals surface area contributed by atoms with Crippen LogP contribution < -0.4 is 0 Å². The molecule has 122 valence electrons. The van der Waals surface area contributed by atoms with E-state index in [0.29, 0.717) is 11.8 Å². The van der Waals surface area contributed by atoms with Crippen molar-refractivity contribution in [3.8, 4) is 0 Å². The SMILES string of the molecule is CC=CCC/C(C)=C/CC/C(C)=C/CC1=CC(C)C(C)C=C1. The van der Waals surface area contributed by atoms with Crippen molar-refractivity contribution in [2.24, 2.45) is 11.8 Å². The number of hydrogen-bond donors (Lipinski definition) is 0. The van der Waals surface area contributed by atoms with E-state index in [0.717, 1.165) is 6.42 Å². The Labute approximate surface area is 138 Å². The van der Waals surface area contributed by atoms with E-state index in [1.165, 1.54) is 42.4 Å². The molecule has 2 atom stereocenters. The summed E-state index contributed by atoms with van der Waals surface area (Å²) in [5.41, 5.74) is 4.51. The highest BCUT2D eigenvalue weighted by molar-refractivity contribution is 5.27. The van der Waals surface area contributed by atoms with Gasteiger partial charge in [0.25, 0.3) is 0 Å². The molecule has 0 heterocycles. The van der Waals surface area contributed by atoms with Crippen molar-refractivity contribution in [1.29, 1.82) is 0 Å². The molecular formula is C22H34. The van der Waals surface area contributed by atoms with E-state index in [4.69, 9.17) is 0 Å². The van der Waals surface area contributed by atoms with Gasteiger partial charge < -0.3 is 0 Å². The zero-order valence-electron chi connectivity index (χ0n) is 15.2. The predicted octanol–water partition coefficient (Wildman–Crippen LogP) is 7.17. The van der Waals surface area contributed by atoms with Crippen molar-refractivity contribution in [1.82, 2.24) is 0 Å². The van der Waals surface area contributed by atoms with Crippen LogP contribution in [0.3, 0.4) is 0 Å². The molecule has 2 unspecified atom stereocenters. The molecule has 0 radical (unpaired) electrons. The Balaban J connectivity index is 2.33. The van der Waals surface area contributed by atoms with E-state index in [9.17, 15) is 0 Å². The number of allylic oxidation sites excluding steroid dienone is 10. The summed E-state index contributed by atoms with van der Waals surface area (Å²) < 4.78 is 0. The van der Waals surface area contributed by atoms with Crippen LogP contribution in [-0.2, 0) is 0 Å². The van der Waals surface area contributed by atoms with E-state index in [1.54, 1.807) is 0 Å². The average Bonchev–Trinajstić information content (AvgIpc) is 2.49. The van der Waals surface area contributed by atoms with Crippen molar-refractivity contribution >= 4 is 0 Å². The minimum atomic E-state index is 0.677. The first-order valence-electron chi connectivity index (χ1n) is 8.84. The maximum Gasteiger partial charge on any atom is -0.00980 e. The van der Waals surface area contributed by atoms with Crippen LogP contribution in [0.4, 0.5) is 0 Å².